The van der Waals surface area contributed by atoms with Crippen LogP contribution in [0.4, 0.5) is 0 Å². The highest BCUT2D eigenvalue weighted by atomic mass is 32.2. The number of thioether (sulfide) groups is 1. The van der Waals surface area contributed by atoms with Gasteiger partial charge in [0.15, 0.2) is 0 Å². The maximum absolute atomic E-state index is 12.4. The first-order valence-electron chi connectivity index (χ1n) is 7.81. The molecule has 2 aliphatic rings. The van der Waals surface area contributed by atoms with Crippen LogP contribution >= 0.6 is 11.8 Å². The molecule has 2 fully saturated rings. The first kappa shape index (κ1) is 14.9. The summed E-state index contributed by atoms with van der Waals surface area (Å²) in [4.78, 5) is 21.1. The number of carbonyl (C=O) groups excluding carboxylic acids is 1. The molecule has 1 unspecified atom stereocenters. The summed E-state index contributed by atoms with van der Waals surface area (Å²) in [6.07, 6.45) is 6.43. The summed E-state index contributed by atoms with van der Waals surface area (Å²) in [5.74, 6) is 2.81. The van der Waals surface area contributed by atoms with Gasteiger partial charge >= 0.3 is 0 Å². The van der Waals surface area contributed by atoms with Crippen LogP contribution in [-0.2, 0) is 11.2 Å². The second-order valence-electron chi connectivity index (χ2n) is 5.83. The molecule has 0 aliphatic carbocycles. The first-order valence-corrected chi connectivity index (χ1v) is 8.97. The Morgan fingerprint density at radius 1 is 1.33 bits per heavy atom. The summed E-state index contributed by atoms with van der Waals surface area (Å²) in [5.41, 5.74) is 1.01. The molecule has 1 aromatic rings. The van der Waals surface area contributed by atoms with E-state index in [2.05, 4.69) is 21.6 Å². The largest absolute Gasteiger partial charge is 0.341 e. The van der Waals surface area contributed by atoms with Gasteiger partial charge in [-0.15, -0.1) is 0 Å². The quantitative estimate of drug-likeness (QED) is 0.851. The number of hydrogen-bond donors (Lipinski definition) is 0. The highest BCUT2D eigenvalue weighted by molar-refractivity contribution is 7.99. The topological polar surface area (TPSA) is 36.4 Å². The zero-order chi connectivity index (χ0) is 14.5. The van der Waals surface area contributed by atoms with Crippen molar-refractivity contribution in [1.82, 2.24) is 14.8 Å². The van der Waals surface area contributed by atoms with Gasteiger partial charge in [0.1, 0.15) is 0 Å². The Balaban J connectivity index is 1.53. The molecular weight excluding hydrogens is 282 g/mol. The number of aromatic nitrogens is 1. The summed E-state index contributed by atoms with van der Waals surface area (Å²) in [5, 5.41) is 0. The lowest BCUT2D eigenvalue weighted by atomic mass is 10.2. The second-order valence-corrected chi connectivity index (χ2v) is 6.98. The van der Waals surface area contributed by atoms with Gasteiger partial charge in [-0.1, -0.05) is 6.07 Å². The van der Waals surface area contributed by atoms with E-state index in [0.717, 1.165) is 44.2 Å². The van der Waals surface area contributed by atoms with Gasteiger partial charge in [-0.3, -0.25) is 14.7 Å². The highest BCUT2D eigenvalue weighted by Crippen LogP contribution is 2.23. The van der Waals surface area contributed by atoms with Crippen molar-refractivity contribution in [3.63, 3.8) is 0 Å². The van der Waals surface area contributed by atoms with E-state index in [1.807, 2.05) is 17.0 Å². The number of pyridine rings is 1. The van der Waals surface area contributed by atoms with Gasteiger partial charge in [-0.05, 0) is 30.2 Å². The number of nitrogens with zero attached hydrogens (tertiary/aromatic N) is 3. The normalized spacial score (nSPS) is 24.0. The standard InChI is InChI=1S/C16H23N3OS/c20-16(11-14-3-1-5-17-12-14)19-7-2-6-18(8-9-19)15-4-10-21-13-15/h1,3,5,12,15H,2,4,6-11,13H2. The molecule has 0 N–H and O–H groups in total. The summed E-state index contributed by atoms with van der Waals surface area (Å²) >= 11 is 2.06. The molecule has 0 saturated carbocycles. The minimum Gasteiger partial charge on any atom is -0.341 e. The van der Waals surface area contributed by atoms with Gasteiger partial charge in [0.2, 0.25) is 5.91 Å². The van der Waals surface area contributed by atoms with Crippen LogP contribution in [0.15, 0.2) is 24.5 Å². The van der Waals surface area contributed by atoms with Crippen molar-refractivity contribution >= 4 is 17.7 Å². The Morgan fingerprint density at radius 3 is 3.05 bits per heavy atom. The summed E-state index contributed by atoms with van der Waals surface area (Å²) < 4.78 is 0. The summed E-state index contributed by atoms with van der Waals surface area (Å²) in [6, 6.07) is 4.61. The van der Waals surface area contributed by atoms with E-state index >= 15 is 0 Å². The fourth-order valence-electron chi connectivity index (χ4n) is 3.15. The van der Waals surface area contributed by atoms with E-state index in [1.54, 1.807) is 12.4 Å². The van der Waals surface area contributed by atoms with Gasteiger partial charge in [0, 0.05) is 50.4 Å². The highest BCUT2D eigenvalue weighted by Gasteiger charge is 2.26. The zero-order valence-electron chi connectivity index (χ0n) is 12.4. The SMILES string of the molecule is O=C(Cc1cccnc1)N1CCCN(C2CCSC2)CC1. The Morgan fingerprint density at radius 2 is 2.29 bits per heavy atom. The van der Waals surface area contributed by atoms with Gasteiger partial charge in [0.25, 0.3) is 0 Å². The molecule has 0 bridgehead atoms. The minimum absolute atomic E-state index is 0.241. The smallest absolute Gasteiger partial charge is 0.227 e. The van der Waals surface area contributed by atoms with Crippen LogP contribution in [0.2, 0.25) is 0 Å². The van der Waals surface area contributed by atoms with Gasteiger partial charge in [-0.25, -0.2) is 0 Å². The molecule has 1 aromatic heterocycles. The number of hydrogen-bond acceptors (Lipinski definition) is 4. The van der Waals surface area contributed by atoms with Crippen LogP contribution in [0.3, 0.4) is 0 Å². The Labute approximate surface area is 130 Å². The van der Waals surface area contributed by atoms with Gasteiger partial charge < -0.3 is 4.90 Å². The maximum atomic E-state index is 12.4. The zero-order valence-corrected chi connectivity index (χ0v) is 13.2. The lowest BCUT2D eigenvalue weighted by Gasteiger charge is -2.26. The number of rotatable bonds is 3. The third-order valence-electron chi connectivity index (χ3n) is 4.38. The lowest BCUT2D eigenvalue weighted by Crippen LogP contribution is -2.40. The molecule has 1 atom stereocenters. The number of carbonyl (C=O) groups is 1. The Bertz CT molecular complexity index is 462. The summed E-state index contributed by atoms with van der Waals surface area (Å²) in [6.45, 7) is 3.95. The van der Waals surface area contributed by atoms with E-state index in [-0.39, 0.29) is 5.91 Å². The molecule has 3 rings (SSSR count). The van der Waals surface area contributed by atoms with Gasteiger partial charge in [-0.2, -0.15) is 11.8 Å². The van der Waals surface area contributed by atoms with E-state index < -0.39 is 0 Å². The molecular formula is C16H23N3OS. The molecule has 4 nitrogen and oxygen atoms in total. The van der Waals surface area contributed by atoms with Crippen molar-refractivity contribution in [3.8, 4) is 0 Å². The third-order valence-corrected chi connectivity index (χ3v) is 5.53. The molecule has 2 saturated heterocycles. The van der Waals surface area contributed by atoms with Crippen molar-refractivity contribution in [2.75, 3.05) is 37.7 Å². The molecule has 21 heavy (non-hydrogen) atoms. The van der Waals surface area contributed by atoms with Crippen LogP contribution in [0, 0.1) is 0 Å². The second kappa shape index (κ2) is 7.27. The van der Waals surface area contributed by atoms with Crippen LogP contribution in [-0.4, -0.2) is 64.4 Å². The van der Waals surface area contributed by atoms with E-state index in [1.165, 1.54) is 17.9 Å². The van der Waals surface area contributed by atoms with Gasteiger partial charge in [0.05, 0.1) is 6.42 Å². The Kier molecular flexibility index (Phi) is 5.14. The van der Waals surface area contributed by atoms with E-state index in [4.69, 9.17) is 0 Å². The fraction of sp³-hybridized carbons (Fsp3) is 0.625. The van der Waals surface area contributed by atoms with E-state index in [0.29, 0.717) is 6.42 Å². The molecule has 0 spiro atoms. The first-order chi connectivity index (χ1) is 10.3. The third kappa shape index (κ3) is 3.98. The predicted octanol–water partition coefficient (Wildman–Crippen LogP) is 1.66. The average molecular weight is 305 g/mol. The number of amides is 1. The molecule has 1 amide bonds. The molecule has 114 valence electrons. The average Bonchev–Trinajstić information content (AvgIpc) is 2.93. The van der Waals surface area contributed by atoms with Crippen molar-refractivity contribution in [2.45, 2.75) is 25.3 Å². The molecule has 3 heterocycles. The van der Waals surface area contributed by atoms with Crippen molar-refractivity contribution in [2.24, 2.45) is 0 Å². The monoisotopic (exact) mass is 305 g/mol. The molecule has 0 aromatic carbocycles. The van der Waals surface area contributed by atoms with Crippen molar-refractivity contribution < 1.29 is 4.79 Å². The maximum Gasteiger partial charge on any atom is 0.227 e. The van der Waals surface area contributed by atoms with E-state index in [9.17, 15) is 4.79 Å². The summed E-state index contributed by atoms with van der Waals surface area (Å²) in [7, 11) is 0. The lowest BCUT2D eigenvalue weighted by molar-refractivity contribution is -0.130. The van der Waals surface area contributed by atoms with Crippen LogP contribution in [0.1, 0.15) is 18.4 Å². The Hall–Kier alpha value is -1.07. The molecule has 0 radical (unpaired) electrons. The fourth-order valence-corrected chi connectivity index (χ4v) is 4.41. The molecule has 5 heteroatoms. The minimum atomic E-state index is 0.241. The van der Waals surface area contributed by atoms with Crippen molar-refractivity contribution in [3.05, 3.63) is 30.1 Å². The molecule has 2 aliphatic heterocycles. The van der Waals surface area contributed by atoms with Crippen LogP contribution in [0.25, 0.3) is 0 Å². The van der Waals surface area contributed by atoms with Crippen LogP contribution in [0.5, 0.6) is 0 Å². The predicted molar refractivity (Wildman–Crippen MR) is 86.4 cm³/mol. The van der Waals surface area contributed by atoms with Crippen LogP contribution < -0.4 is 0 Å². The van der Waals surface area contributed by atoms with Crippen molar-refractivity contribution in [1.29, 1.82) is 0 Å².